The number of benzene rings is 4. The Kier molecular flexibility index (Phi) is 10.9. The lowest BCUT2D eigenvalue weighted by Gasteiger charge is -2.34. The van der Waals surface area contributed by atoms with E-state index in [-0.39, 0.29) is 23.8 Å². The molecular weight excluding hydrogens is 577 g/mol. The summed E-state index contributed by atoms with van der Waals surface area (Å²) >= 11 is 0. The smallest absolute Gasteiger partial charge is 0.264 e. The van der Waals surface area contributed by atoms with Gasteiger partial charge in [0.15, 0.2) is 0 Å². The molecule has 0 unspecified atom stereocenters. The van der Waals surface area contributed by atoms with E-state index in [9.17, 15) is 22.4 Å². The fraction of sp³-hybridized carbons (Fsp3) is 0.257. The van der Waals surface area contributed by atoms with Gasteiger partial charge in [0.2, 0.25) is 11.8 Å². The van der Waals surface area contributed by atoms with Crippen molar-refractivity contribution in [3.05, 3.63) is 131 Å². The third kappa shape index (κ3) is 8.11. The van der Waals surface area contributed by atoms with Crippen molar-refractivity contribution in [2.45, 2.75) is 51.1 Å². The Morgan fingerprint density at radius 2 is 1.48 bits per heavy atom. The molecule has 0 aromatic heterocycles. The Balaban J connectivity index is 1.81. The number of hydrogen-bond donors (Lipinski definition) is 1. The number of rotatable bonds is 13. The molecule has 4 aromatic rings. The van der Waals surface area contributed by atoms with Gasteiger partial charge in [-0.3, -0.25) is 13.9 Å². The van der Waals surface area contributed by atoms with Gasteiger partial charge >= 0.3 is 0 Å². The van der Waals surface area contributed by atoms with Crippen molar-refractivity contribution in [1.29, 1.82) is 0 Å². The maximum atomic E-state index is 14.4. The van der Waals surface area contributed by atoms with Crippen LogP contribution in [-0.4, -0.2) is 44.3 Å². The highest BCUT2D eigenvalue weighted by Crippen LogP contribution is 2.28. The maximum Gasteiger partial charge on any atom is 0.264 e. The van der Waals surface area contributed by atoms with Crippen molar-refractivity contribution in [3.8, 4) is 0 Å². The molecule has 4 rings (SSSR count). The molecule has 1 atom stereocenters. The molecule has 0 saturated heterocycles. The third-order valence-electron chi connectivity index (χ3n) is 7.32. The molecule has 0 saturated carbocycles. The van der Waals surface area contributed by atoms with Crippen LogP contribution in [0.1, 0.15) is 35.6 Å². The first kappa shape index (κ1) is 32.4. The Labute approximate surface area is 259 Å². The molecule has 230 valence electrons. The molecule has 0 aliphatic rings. The molecule has 2 amide bonds. The minimum atomic E-state index is -4.18. The molecule has 0 bridgehead atoms. The molecule has 1 N–H and O–H groups in total. The second kappa shape index (κ2) is 14.8. The van der Waals surface area contributed by atoms with Crippen LogP contribution >= 0.6 is 0 Å². The maximum absolute atomic E-state index is 14.4. The first-order chi connectivity index (χ1) is 21.1. The van der Waals surface area contributed by atoms with Crippen LogP contribution in [0.5, 0.6) is 0 Å². The number of amides is 2. The van der Waals surface area contributed by atoms with Gasteiger partial charge in [-0.2, -0.15) is 0 Å². The number of sulfonamides is 1. The number of anilines is 1. The fourth-order valence-electron chi connectivity index (χ4n) is 5.02. The van der Waals surface area contributed by atoms with Crippen LogP contribution < -0.4 is 9.62 Å². The summed E-state index contributed by atoms with van der Waals surface area (Å²) in [7, 11) is -4.18. The number of nitrogens with one attached hydrogen (secondary N) is 1. The van der Waals surface area contributed by atoms with E-state index in [0.29, 0.717) is 29.8 Å². The van der Waals surface area contributed by atoms with Gasteiger partial charge in [-0.1, -0.05) is 85.3 Å². The molecule has 0 heterocycles. The van der Waals surface area contributed by atoms with Crippen LogP contribution in [0.3, 0.4) is 0 Å². The van der Waals surface area contributed by atoms with Gasteiger partial charge in [-0.15, -0.1) is 0 Å². The van der Waals surface area contributed by atoms with Crippen molar-refractivity contribution in [1.82, 2.24) is 10.2 Å². The minimum absolute atomic E-state index is 0.0255. The highest BCUT2D eigenvalue weighted by atomic mass is 32.2. The Bertz CT molecular complexity index is 1660. The summed E-state index contributed by atoms with van der Waals surface area (Å²) in [6.45, 7) is 5.49. The zero-order valence-corrected chi connectivity index (χ0v) is 26.1. The zero-order chi connectivity index (χ0) is 31.7. The van der Waals surface area contributed by atoms with E-state index < -0.39 is 34.3 Å². The van der Waals surface area contributed by atoms with Crippen LogP contribution in [-0.2, 0) is 32.6 Å². The lowest BCUT2D eigenvalue weighted by molar-refractivity contribution is -0.140. The summed E-state index contributed by atoms with van der Waals surface area (Å²) in [4.78, 5) is 29.5. The molecule has 44 heavy (non-hydrogen) atoms. The lowest BCUT2D eigenvalue weighted by Crippen LogP contribution is -2.53. The summed E-state index contributed by atoms with van der Waals surface area (Å²) < 4.78 is 43.1. The molecular formula is C35H38FN3O4S. The average molecular weight is 616 g/mol. The summed E-state index contributed by atoms with van der Waals surface area (Å²) in [5.74, 6) is -1.35. The van der Waals surface area contributed by atoms with E-state index in [2.05, 4.69) is 5.32 Å². The third-order valence-corrected chi connectivity index (χ3v) is 9.09. The molecule has 0 spiro atoms. The standard InChI is InChI=1S/C35H38FN3O4S/c1-4-21-37-35(41)33(23-28-11-7-5-8-12-28)38(24-29-16-18-30(36)19-17-29)34(40)25-39(32-20-15-26(2)22-27(32)3)44(42,43)31-13-9-6-10-14-31/h5-20,22,33H,4,21,23-25H2,1-3H3,(H,37,41)/t33-/m1/s1. The normalized spacial score (nSPS) is 11.9. The Hall–Kier alpha value is -4.50. The van der Waals surface area contributed by atoms with Crippen molar-refractivity contribution in [2.24, 2.45) is 0 Å². The van der Waals surface area contributed by atoms with E-state index in [1.54, 1.807) is 49.4 Å². The van der Waals surface area contributed by atoms with Crippen LogP contribution in [0.25, 0.3) is 0 Å². The molecule has 0 aliphatic heterocycles. The topological polar surface area (TPSA) is 86.8 Å². The van der Waals surface area contributed by atoms with E-state index in [0.717, 1.165) is 15.4 Å². The van der Waals surface area contributed by atoms with Crippen molar-refractivity contribution in [2.75, 3.05) is 17.4 Å². The fourth-order valence-corrected chi connectivity index (χ4v) is 6.52. The van der Waals surface area contributed by atoms with Crippen LogP contribution in [0.4, 0.5) is 10.1 Å². The number of carbonyl (C=O) groups is 2. The highest BCUT2D eigenvalue weighted by molar-refractivity contribution is 7.92. The van der Waals surface area contributed by atoms with Crippen LogP contribution in [0.2, 0.25) is 0 Å². The molecule has 0 aliphatic carbocycles. The van der Waals surface area contributed by atoms with Crippen LogP contribution in [0.15, 0.2) is 108 Å². The quantitative estimate of drug-likeness (QED) is 0.206. The molecule has 7 nitrogen and oxygen atoms in total. The average Bonchev–Trinajstić information content (AvgIpc) is 3.02. The summed E-state index contributed by atoms with van der Waals surface area (Å²) in [6, 6.07) is 27.4. The molecule has 4 aromatic carbocycles. The summed E-state index contributed by atoms with van der Waals surface area (Å²) in [5.41, 5.74) is 3.44. The number of carbonyl (C=O) groups excluding carboxylic acids is 2. The van der Waals surface area contributed by atoms with Crippen molar-refractivity contribution in [3.63, 3.8) is 0 Å². The monoisotopic (exact) mass is 615 g/mol. The predicted octanol–water partition coefficient (Wildman–Crippen LogP) is 5.80. The summed E-state index contributed by atoms with van der Waals surface area (Å²) in [5, 5.41) is 2.91. The highest BCUT2D eigenvalue weighted by Gasteiger charge is 2.35. The van der Waals surface area contributed by atoms with Gasteiger partial charge in [0.25, 0.3) is 10.0 Å². The SMILES string of the molecule is CCCNC(=O)[C@@H](Cc1ccccc1)N(Cc1ccc(F)cc1)C(=O)CN(c1ccc(C)cc1C)S(=O)(=O)c1ccccc1. The lowest BCUT2D eigenvalue weighted by atomic mass is 10.0. The van der Waals surface area contributed by atoms with Gasteiger partial charge in [0, 0.05) is 19.5 Å². The summed E-state index contributed by atoms with van der Waals surface area (Å²) in [6.07, 6.45) is 0.907. The van der Waals surface area contributed by atoms with Crippen LogP contribution in [0, 0.1) is 19.7 Å². The molecule has 9 heteroatoms. The van der Waals surface area contributed by atoms with Crippen molar-refractivity contribution >= 4 is 27.5 Å². The molecule has 0 radical (unpaired) electrons. The largest absolute Gasteiger partial charge is 0.354 e. The zero-order valence-electron chi connectivity index (χ0n) is 25.2. The first-order valence-corrected chi connectivity index (χ1v) is 16.0. The number of hydrogen-bond acceptors (Lipinski definition) is 4. The number of halogens is 1. The second-order valence-electron chi connectivity index (χ2n) is 10.8. The Morgan fingerprint density at radius 1 is 0.841 bits per heavy atom. The number of aryl methyl sites for hydroxylation is 2. The van der Waals surface area contributed by atoms with E-state index in [1.807, 2.05) is 50.2 Å². The van der Waals surface area contributed by atoms with Gasteiger partial charge in [0.05, 0.1) is 10.6 Å². The van der Waals surface area contributed by atoms with Gasteiger partial charge < -0.3 is 10.2 Å². The van der Waals surface area contributed by atoms with Gasteiger partial charge in [-0.25, -0.2) is 12.8 Å². The molecule has 0 fully saturated rings. The van der Waals surface area contributed by atoms with Crippen molar-refractivity contribution < 1.29 is 22.4 Å². The Morgan fingerprint density at radius 3 is 2.09 bits per heavy atom. The van der Waals surface area contributed by atoms with E-state index in [4.69, 9.17) is 0 Å². The van der Waals surface area contributed by atoms with Gasteiger partial charge in [0.1, 0.15) is 18.4 Å². The number of nitrogens with zero attached hydrogens (tertiary/aromatic N) is 2. The van der Waals surface area contributed by atoms with E-state index >= 15 is 0 Å². The first-order valence-electron chi connectivity index (χ1n) is 14.6. The second-order valence-corrected chi connectivity index (χ2v) is 12.6. The van der Waals surface area contributed by atoms with E-state index in [1.165, 1.54) is 29.2 Å². The van der Waals surface area contributed by atoms with Gasteiger partial charge in [-0.05, 0) is 67.3 Å². The predicted molar refractivity (Wildman–Crippen MR) is 171 cm³/mol. The minimum Gasteiger partial charge on any atom is -0.354 e.